The molecule has 0 unspecified atom stereocenters. The van der Waals surface area contributed by atoms with Crippen LogP contribution in [0.3, 0.4) is 0 Å². The van der Waals surface area contributed by atoms with E-state index < -0.39 is 11.9 Å². The molecule has 0 aromatic heterocycles. The monoisotopic (exact) mass is 338 g/mol. The average Bonchev–Trinajstić information content (AvgIpc) is 2.67. The minimum absolute atomic E-state index is 0.209. The topological polar surface area (TPSA) is 74.6 Å². The van der Waals surface area contributed by atoms with Crippen molar-refractivity contribution in [2.75, 3.05) is 0 Å². The number of carboxylic acid groups (broad SMARTS) is 2. The molecule has 1 aliphatic rings. The van der Waals surface area contributed by atoms with Crippen LogP contribution in [0.5, 0.6) is 0 Å². The number of hydrogen-bond acceptors (Lipinski definition) is 2. The van der Waals surface area contributed by atoms with Gasteiger partial charge in [0.05, 0.1) is 11.5 Å². The van der Waals surface area contributed by atoms with E-state index in [0.717, 1.165) is 18.4 Å². The lowest BCUT2D eigenvalue weighted by molar-refractivity contribution is -0.142. The number of aliphatic carboxylic acids is 1. The van der Waals surface area contributed by atoms with Crippen LogP contribution >= 0.6 is 0 Å². The molecule has 0 bridgehead atoms. The minimum atomic E-state index is -0.920. The molecule has 1 saturated carbocycles. The van der Waals surface area contributed by atoms with E-state index in [9.17, 15) is 9.59 Å². The molecule has 0 atom stereocenters. The Hall–Kier alpha value is -1.84. The third-order valence-corrected chi connectivity index (χ3v) is 3.71. The normalized spacial score (nSPS) is 18.4. The van der Waals surface area contributed by atoms with Crippen molar-refractivity contribution in [3.8, 4) is 0 Å². The average molecular weight is 338 g/mol. The molecule has 1 aromatic carbocycles. The van der Waals surface area contributed by atoms with Gasteiger partial charge in [-0.1, -0.05) is 53.7 Å². The first-order valence-electron chi connectivity index (χ1n) is 9.14. The maximum atomic E-state index is 10.9. The molecule has 1 aromatic rings. The summed E-state index contributed by atoms with van der Waals surface area (Å²) in [6.45, 7) is 12.0. The highest BCUT2D eigenvalue weighted by Crippen LogP contribution is 2.35. The molecule has 4 heteroatoms. The van der Waals surface area contributed by atoms with E-state index >= 15 is 0 Å². The molecule has 1 fully saturated rings. The van der Waals surface area contributed by atoms with E-state index in [1.165, 1.54) is 0 Å². The van der Waals surface area contributed by atoms with Gasteiger partial charge in [-0.25, -0.2) is 4.79 Å². The molecule has 2 N–H and O–H groups in total. The zero-order chi connectivity index (χ0) is 19.1. The van der Waals surface area contributed by atoms with Gasteiger partial charge in [0.15, 0.2) is 0 Å². The molecule has 0 amide bonds. The second-order valence-corrected chi connectivity index (χ2v) is 4.81. The number of carbonyl (C=O) groups is 2. The van der Waals surface area contributed by atoms with Gasteiger partial charge in [-0.05, 0) is 49.3 Å². The van der Waals surface area contributed by atoms with Crippen LogP contribution in [0.1, 0.15) is 89.1 Å². The molecule has 0 aliphatic heterocycles. The fourth-order valence-corrected chi connectivity index (χ4v) is 2.57. The van der Waals surface area contributed by atoms with Crippen molar-refractivity contribution in [3.63, 3.8) is 0 Å². The second-order valence-electron chi connectivity index (χ2n) is 4.81. The van der Waals surface area contributed by atoms with Crippen LogP contribution in [-0.2, 0) is 4.79 Å². The van der Waals surface area contributed by atoms with Crippen molar-refractivity contribution in [2.24, 2.45) is 5.92 Å². The number of hydrogen-bond donors (Lipinski definition) is 2. The second kappa shape index (κ2) is 14.7. The van der Waals surface area contributed by atoms with Gasteiger partial charge in [-0.2, -0.15) is 0 Å². The maximum absolute atomic E-state index is 10.9. The molecule has 138 valence electrons. The van der Waals surface area contributed by atoms with Crippen molar-refractivity contribution in [2.45, 2.75) is 73.1 Å². The quantitative estimate of drug-likeness (QED) is 0.728. The number of carboxylic acids is 2. The van der Waals surface area contributed by atoms with Gasteiger partial charge in [0, 0.05) is 0 Å². The highest BCUT2D eigenvalue weighted by Gasteiger charge is 2.26. The summed E-state index contributed by atoms with van der Waals surface area (Å²) in [5.41, 5.74) is 1.40. The Morgan fingerprint density at radius 1 is 0.792 bits per heavy atom. The standard InChI is InChI=1S/C14H16O4.3C2H6/c15-13(16)11-5-1-9(2-6-11)10-3-7-12(8-4-10)14(17)18;3*1-2/h1-2,5-6,10,12H,3-4,7-8H2,(H,15,16)(H,17,18);3*1-2H3. The highest BCUT2D eigenvalue weighted by atomic mass is 16.4. The number of rotatable bonds is 3. The van der Waals surface area contributed by atoms with Crippen molar-refractivity contribution < 1.29 is 19.8 Å². The summed E-state index contributed by atoms with van der Waals surface area (Å²) in [7, 11) is 0. The van der Waals surface area contributed by atoms with Crippen LogP contribution in [0.15, 0.2) is 24.3 Å². The third-order valence-electron chi connectivity index (χ3n) is 3.71. The fraction of sp³-hybridized carbons (Fsp3) is 0.600. The van der Waals surface area contributed by atoms with E-state index in [4.69, 9.17) is 10.2 Å². The van der Waals surface area contributed by atoms with Gasteiger partial charge in [-0.3, -0.25) is 4.79 Å². The molecule has 0 heterocycles. The molecule has 24 heavy (non-hydrogen) atoms. The van der Waals surface area contributed by atoms with Crippen LogP contribution in [0.4, 0.5) is 0 Å². The Morgan fingerprint density at radius 2 is 1.21 bits per heavy atom. The summed E-state index contributed by atoms with van der Waals surface area (Å²) in [5.74, 6) is -1.46. The Kier molecular flexibility index (Phi) is 15.0. The number of benzene rings is 1. The summed E-state index contributed by atoms with van der Waals surface area (Å²) in [4.78, 5) is 21.6. The lowest BCUT2D eigenvalue weighted by atomic mass is 9.78. The van der Waals surface area contributed by atoms with Crippen LogP contribution in [0, 0.1) is 5.92 Å². The zero-order valence-electron chi connectivity index (χ0n) is 16.0. The summed E-state index contributed by atoms with van der Waals surface area (Å²) < 4.78 is 0. The summed E-state index contributed by atoms with van der Waals surface area (Å²) in [6.07, 6.45) is 3.15. The molecule has 0 spiro atoms. The summed E-state index contributed by atoms with van der Waals surface area (Å²) >= 11 is 0. The SMILES string of the molecule is CC.CC.CC.O=C(O)c1ccc(C2CCC(C(=O)O)CC2)cc1. The smallest absolute Gasteiger partial charge is 0.335 e. The van der Waals surface area contributed by atoms with E-state index in [1.807, 2.05) is 53.7 Å². The molecule has 0 saturated heterocycles. The molecular formula is C20H34O4. The lowest BCUT2D eigenvalue weighted by Gasteiger charge is -2.26. The van der Waals surface area contributed by atoms with E-state index in [1.54, 1.807) is 12.1 Å². The predicted octanol–water partition coefficient (Wildman–Crippen LogP) is 5.82. The first-order chi connectivity index (χ1) is 11.6. The van der Waals surface area contributed by atoms with Gasteiger partial charge < -0.3 is 10.2 Å². The predicted molar refractivity (Wildman–Crippen MR) is 99.8 cm³/mol. The molecule has 2 rings (SSSR count). The summed E-state index contributed by atoms with van der Waals surface area (Å²) in [5, 5.41) is 17.7. The molecular weight excluding hydrogens is 304 g/mol. The maximum Gasteiger partial charge on any atom is 0.335 e. The Labute approximate surface area is 146 Å². The first kappa shape index (κ1) is 24.4. The minimum Gasteiger partial charge on any atom is -0.481 e. The van der Waals surface area contributed by atoms with Crippen molar-refractivity contribution in [1.82, 2.24) is 0 Å². The fourth-order valence-electron chi connectivity index (χ4n) is 2.57. The molecule has 1 aliphatic carbocycles. The Balaban J connectivity index is 0. The van der Waals surface area contributed by atoms with Gasteiger partial charge >= 0.3 is 11.9 Å². The van der Waals surface area contributed by atoms with Gasteiger partial charge in [0.1, 0.15) is 0 Å². The van der Waals surface area contributed by atoms with Gasteiger partial charge in [-0.15, -0.1) is 0 Å². The van der Waals surface area contributed by atoms with Crippen LogP contribution in [-0.4, -0.2) is 22.2 Å². The third kappa shape index (κ3) is 8.14. The summed E-state index contributed by atoms with van der Waals surface area (Å²) in [6, 6.07) is 6.91. The molecule has 0 radical (unpaired) electrons. The van der Waals surface area contributed by atoms with Crippen LogP contribution < -0.4 is 0 Å². The highest BCUT2D eigenvalue weighted by molar-refractivity contribution is 5.87. The molecule has 4 nitrogen and oxygen atoms in total. The van der Waals surface area contributed by atoms with E-state index in [0.29, 0.717) is 18.8 Å². The van der Waals surface area contributed by atoms with Gasteiger partial charge in [0.25, 0.3) is 0 Å². The van der Waals surface area contributed by atoms with Crippen LogP contribution in [0.25, 0.3) is 0 Å². The van der Waals surface area contributed by atoms with Crippen molar-refractivity contribution in [3.05, 3.63) is 35.4 Å². The lowest BCUT2D eigenvalue weighted by Crippen LogP contribution is -2.20. The van der Waals surface area contributed by atoms with Crippen LogP contribution in [0.2, 0.25) is 0 Å². The Morgan fingerprint density at radius 3 is 1.54 bits per heavy atom. The number of aromatic carboxylic acids is 1. The largest absolute Gasteiger partial charge is 0.481 e. The van der Waals surface area contributed by atoms with Crippen molar-refractivity contribution >= 4 is 11.9 Å². The Bertz CT molecular complexity index is 443. The van der Waals surface area contributed by atoms with Gasteiger partial charge in [0.2, 0.25) is 0 Å². The first-order valence-corrected chi connectivity index (χ1v) is 9.14. The van der Waals surface area contributed by atoms with Crippen molar-refractivity contribution in [1.29, 1.82) is 0 Å². The van der Waals surface area contributed by atoms with E-state index in [2.05, 4.69) is 0 Å². The van der Waals surface area contributed by atoms with E-state index in [-0.39, 0.29) is 11.5 Å². The zero-order valence-corrected chi connectivity index (χ0v) is 16.0.